The summed E-state index contributed by atoms with van der Waals surface area (Å²) in [4.78, 5) is 23.4. The zero-order valence-corrected chi connectivity index (χ0v) is 11.3. The lowest BCUT2D eigenvalue weighted by molar-refractivity contribution is -0.142. The van der Waals surface area contributed by atoms with Gasteiger partial charge in [0, 0.05) is 13.0 Å². The van der Waals surface area contributed by atoms with Crippen LogP contribution in [0, 0.1) is 5.92 Å². The van der Waals surface area contributed by atoms with E-state index in [0.717, 1.165) is 24.9 Å². The van der Waals surface area contributed by atoms with E-state index in [2.05, 4.69) is 10.6 Å². The van der Waals surface area contributed by atoms with Crippen molar-refractivity contribution in [2.75, 3.05) is 13.1 Å². The van der Waals surface area contributed by atoms with Gasteiger partial charge in [-0.1, -0.05) is 30.3 Å². The second kappa shape index (κ2) is 7.05. The van der Waals surface area contributed by atoms with E-state index in [-0.39, 0.29) is 11.8 Å². The largest absolute Gasteiger partial charge is 0.480 e. The van der Waals surface area contributed by atoms with Crippen molar-refractivity contribution in [3.63, 3.8) is 0 Å². The van der Waals surface area contributed by atoms with Gasteiger partial charge in [0.2, 0.25) is 5.91 Å². The van der Waals surface area contributed by atoms with Crippen LogP contribution < -0.4 is 10.6 Å². The molecule has 0 spiro atoms. The van der Waals surface area contributed by atoms with Gasteiger partial charge in [-0.25, -0.2) is 4.79 Å². The van der Waals surface area contributed by atoms with Crippen molar-refractivity contribution in [2.45, 2.75) is 25.3 Å². The molecule has 0 aromatic heterocycles. The normalized spacial score (nSPS) is 20.1. The zero-order chi connectivity index (χ0) is 14.4. The summed E-state index contributed by atoms with van der Waals surface area (Å²) >= 11 is 0. The maximum Gasteiger partial charge on any atom is 0.326 e. The van der Waals surface area contributed by atoms with Crippen molar-refractivity contribution in [2.24, 2.45) is 5.92 Å². The lowest BCUT2D eigenvalue weighted by atomic mass is 9.97. The third kappa shape index (κ3) is 4.06. The second-order valence-corrected chi connectivity index (χ2v) is 5.13. The minimum atomic E-state index is -0.994. The van der Waals surface area contributed by atoms with E-state index in [0.29, 0.717) is 13.0 Å². The van der Waals surface area contributed by atoms with Crippen LogP contribution >= 0.6 is 0 Å². The van der Waals surface area contributed by atoms with Crippen LogP contribution in [0.2, 0.25) is 0 Å². The minimum absolute atomic E-state index is 0.124. The summed E-state index contributed by atoms with van der Waals surface area (Å²) in [5, 5.41) is 15.1. The average molecular weight is 276 g/mol. The Labute approximate surface area is 118 Å². The van der Waals surface area contributed by atoms with Gasteiger partial charge in [-0.05, 0) is 24.9 Å². The Morgan fingerprint density at radius 1 is 1.35 bits per heavy atom. The molecule has 1 amide bonds. The Bertz CT molecular complexity index is 455. The highest BCUT2D eigenvalue weighted by Gasteiger charge is 2.26. The quantitative estimate of drug-likeness (QED) is 0.743. The molecule has 2 rings (SSSR count). The predicted molar refractivity (Wildman–Crippen MR) is 75.3 cm³/mol. The van der Waals surface area contributed by atoms with Gasteiger partial charge < -0.3 is 15.7 Å². The van der Waals surface area contributed by atoms with Crippen LogP contribution in [-0.2, 0) is 16.0 Å². The van der Waals surface area contributed by atoms with Crippen molar-refractivity contribution in [3.05, 3.63) is 35.9 Å². The topological polar surface area (TPSA) is 78.4 Å². The molecule has 2 atom stereocenters. The highest BCUT2D eigenvalue weighted by molar-refractivity contribution is 5.85. The first-order chi connectivity index (χ1) is 9.66. The number of carboxylic acids is 1. The maximum atomic E-state index is 12.1. The predicted octanol–water partition coefficient (Wildman–Crippen LogP) is 0.798. The Hall–Kier alpha value is -1.88. The van der Waals surface area contributed by atoms with Gasteiger partial charge in [-0.15, -0.1) is 0 Å². The third-order valence-electron chi connectivity index (χ3n) is 3.56. The number of carbonyl (C=O) groups is 2. The van der Waals surface area contributed by atoms with Crippen molar-refractivity contribution >= 4 is 11.9 Å². The molecule has 1 aliphatic heterocycles. The maximum absolute atomic E-state index is 12.1. The highest BCUT2D eigenvalue weighted by Crippen LogP contribution is 2.11. The number of amides is 1. The molecule has 0 saturated carbocycles. The first-order valence-corrected chi connectivity index (χ1v) is 6.94. The fourth-order valence-electron chi connectivity index (χ4n) is 2.42. The molecule has 0 unspecified atom stereocenters. The number of piperidine rings is 1. The van der Waals surface area contributed by atoms with E-state index in [1.165, 1.54) is 0 Å². The van der Waals surface area contributed by atoms with E-state index >= 15 is 0 Å². The summed E-state index contributed by atoms with van der Waals surface area (Å²) in [5.41, 5.74) is 0.905. The molecule has 1 aromatic carbocycles. The van der Waals surface area contributed by atoms with Crippen LogP contribution in [0.15, 0.2) is 30.3 Å². The number of aliphatic carboxylic acids is 1. The number of benzene rings is 1. The summed E-state index contributed by atoms with van der Waals surface area (Å²) < 4.78 is 0. The summed E-state index contributed by atoms with van der Waals surface area (Å²) in [5.74, 6) is -1.28. The molecule has 0 aliphatic carbocycles. The molecule has 5 heteroatoms. The molecule has 0 radical (unpaired) electrons. The zero-order valence-electron chi connectivity index (χ0n) is 11.3. The summed E-state index contributed by atoms with van der Waals surface area (Å²) in [6, 6.07) is 8.47. The van der Waals surface area contributed by atoms with E-state index in [1.54, 1.807) is 0 Å². The first-order valence-electron chi connectivity index (χ1n) is 6.94. The minimum Gasteiger partial charge on any atom is -0.480 e. The molecule has 108 valence electrons. The van der Waals surface area contributed by atoms with Crippen LogP contribution in [0.1, 0.15) is 18.4 Å². The molecular formula is C15H20N2O3. The Morgan fingerprint density at radius 3 is 2.70 bits per heavy atom. The molecule has 5 nitrogen and oxygen atoms in total. The van der Waals surface area contributed by atoms with Crippen molar-refractivity contribution < 1.29 is 14.7 Å². The third-order valence-corrected chi connectivity index (χ3v) is 3.56. The molecule has 1 heterocycles. The molecule has 1 aliphatic rings. The second-order valence-electron chi connectivity index (χ2n) is 5.13. The van der Waals surface area contributed by atoms with Crippen molar-refractivity contribution in [1.82, 2.24) is 10.6 Å². The Morgan fingerprint density at radius 2 is 2.10 bits per heavy atom. The van der Waals surface area contributed by atoms with Gasteiger partial charge >= 0.3 is 5.97 Å². The standard InChI is InChI=1S/C15H20N2O3/c18-14(12-7-4-8-16-10-12)17-13(15(19)20)9-11-5-2-1-3-6-11/h1-3,5-6,12-13,16H,4,7-10H2,(H,17,18)(H,19,20)/t12-,13-/m0/s1. The van der Waals surface area contributed by atoms with Crippen molar-refractivity contribution in [3.8, 4) is 0 Å². The Kier molecular flexibility index (Phi) is 5.12. The van der Waals surface area contributed by atoms with Crippen LogP contribution in [0.3, 0.4) is 0 Å². The number of carboxylic acid groups (broad SMARTS) is 1. The first kappa shape index (κ1) is 14.5. The number of rotatable bonds is 5. The Balaban J connectivity index is 1.95. The summed E-state index contributed by atoms with van der Waals surface area (Å²) in [6.45, 7) is 1.56. The SMILES string of the molecule is O=C(N[C@@H](Cc1ccccc1)C(=O)O)[C@H]1CCCNC1. The number of carbonyl (C=O) groups excluding carboxylic acids is 1. The summed E-state index contributed by atoms with van der Waals surface area (Å²) in [7, 11) is 0. The van der Waals surface area contributed by atoms with Crippen LogP contribution in [0.5, 0.6) is 0 Å². The van der Waals surface area contributed by atoms with Gasteiger partial charge in [0.1, 0.15) is 6.04 Å². The molecular weight excluding hydrogens is 256 g/mol. The fraction of sp³-hybridized carbons (Fsp3) is 0.467. The van der Waals surface area contributed by atoms with Gasteiger partial charge in [-0.2, -0.15) is 0 Å². The smallest absolute Gasteiger partial charge is 0.326 e. The summed E-state index contributed by atoms with van der Waals surface area (Å²) in [6.07, 6.45) is 2.08. The van der Waals surface area contributed by atoms with Gasteiger partial charge in [0.15, 0.2) is 0 Å². The molecule has 1 aromatic rings. The molecule has 3 N–H and O–H groups in total. The molecule has 1 saturated heterocycles. The molecule has 0 bridgehead atoms. The number of hydrogen-bond donors (Lipinski definition) is 3. The van der Waals surface area contributed by atoms with Gasteiger partial charge in [0.25, 0.3) is 0 Å². The lowest BCUT2D eigenvalue weighted by Gasteiger charge is -2.24. The average Bonchev–Trinajstić information content (AvgIpc) is 2.48. The highest BCUT2D eigenvalue weighted by atomic mass is 16.4. The van der Waals surface area contributed by atoms with Crippen LogP contribution in [0.4, 0.5) is 0 Å². The molecule has 1 fully saturated rings. The fourth-order valence-corrected chi connectivity index (χ4v) is 2.42. The number of hydrogen-bond acceptors (Lipinski definition) is 3. The van der Waals surface area contributed by atoms with Crippen LogP contribution in [0.25, 0.3) is 0 Å². The molecule has 20 heavy (non-hydrogen) atoms. The van der Waals surface area contributed by atoms with E-state index in [4.69, 9.17) is 0 Å². The van der Waals surface area contributed by atoms with E-state index in [1.807, 2.05) is 30.3 Å². The van der Waals surface area contributed by atoms with Crippen LogP contribution in [-0.4, -0.2) is 36.1 Å². The van der Waals surface area contributed by atoms with Crippen molar-refractivity contribution in [1.29, 1.82) is 0 Å². The van der Waals surface area contributed by atoms with Gasteiger partial charge in [0.05, 0.1) is 5.92 Å². The van der Waals surface area contributed by atoms with E-state index in [9.17, 15) is 14.7 Å². The van der Waals surface area contributed by atoms with Gasteiger partial charge in [-0.3, -0.25) is 4.79 Å². The number of nitrogens with one attached hydrogen (secondary N) is 2. The van der Waals surface area contributed by atoms with E-state index < -0.39 is 12.0 Å². The monoisotopic (exact) mass is 276 g/mol. The lowest BCUT2D eigenvalue weighted by Crippen LogP contribution is -2.48.